The van der Waals surface area contributed by atoms with Gasteiger partial charge < -0.3 is 10.1 Å². The zero-order valence-corrected chi connectivity index (χ0v) is 15.5. The van der Waals surface area contributed by atoms with Gasteiger partial charge in [0.2, 0.25) is 0 Å². The number of aryl methyl sites for hydroxylation is 2. The molecule has 0 radical (unpaired) electrons. The van der Waals surface area contributed by atoms with E-state index in [-0.39, 0.29) is 6.10 Å². The highest BCUT2D eigenvalue weighted by Gasteiger charge is 2.33. The molecule has 4 rings (SSSR count). The predicted octanol–water partition coefficient (Wildman–Crippen LogP) is 3.24. The monoisotopic (exact) mass is 346 g/mol. The predicted molar refractivity (Wildman–Crippen MR) is 95.3 cm³/mol. The van der Waals surface area contributed by atoms with Crippen LogP contribution in [0.25, 0.3) is 0 Å². The third kappa shape index (κ3) is 3.15. The van der Waals surface area contributed by atoms with Gasteiger partial charge in [-0.25, -0.2) is 4.98 Å². The Morgan fingerprint density at radius 1 is 1.33 bits per heavy atom. The zero-order chi connectivity index (χ0) is 16.7. The van der Waals surface area contributed by atoms with Crippen molar-refractivity contribution in [2.45, 2.75) is 51.7 Å². The van der Waals surface area contributed by atoms with Gasteiger partial charge in [0.25, 0.3) is 0 Å². The molecule has 130 valence electrons. The van der Waals surface area contributed by atoms with E-state index in [1.165, 1.54) is 34.8 Å². The molecule has 2 aliphatic rings. The van der Waals surface area contributed by atoms with Crippen LogP contribution in [-0.2, 0) is 18.3 Å². The maximum absolute atomic E-state index is 6.07. The Morgan fingerprint density at radius 2 is 2.17 bits per heavy atom. The van der Waals surface area contributed by atoms with Gasteiger partial charge in [0.1, 0.15) is 0 Å². The lowest BCUT2D eigenvalue weighted by molar-refractivity contribution is 0.0893. The average molecular weight is 347 g/mol. The second-order valence-corrected chi connectivity index (χ2v) is 8.02. The number of rotatable bonds is 6. The summed E-state index contributed by atoms with van der Waals surface area (Å²) in [5.74, 6) is 1.26. The number of hydrogen-bond donors (Lipinski definition) is 1. The molecule has 2 atom stereocenters. The molecule has 2 fully saturated rings. The highest BCUT2D eigenvalue weighted by Crippen LogP contribution is 2.41. The Hall–Kier alpha value is -1.24. The van der Waals surface area contributed by atoms with Crippen LogP contribution in [0.1, 0.15) is 58.9 Å². The van der Waals surface area contributed by atoms with E-state index < -0.39 is 0 Å². The lowest BCUT2D eigenvalue weighted by atomic mass is 9.94. The van der Waals surface area contributed by atoms with E-state index in [2.05, 4.69) is 29.6 Å². The largest absolute Gasteiger partial charge is 0.373 e. The molecule has 0 amide bonds. The van der Waals surface area contributed by atoms with Gasteiger partial charge in [-0.1, -0.05) is 0 Å². The van der Waals surface area contributed by atoms with Gasteiger partial charge in [-0.2, -0.15) is 5.10 Å². The number of aromatic nitrogens is 3. The van der Waals surface area contributed by atoms with E-state index in [9.17, 15) is 0 Å². The number of nitrogens with one attached hydrogen (secondary N) is 1. The average Bonchev–Trinajstić information content (AvgIpc) is 3.03. The molecular formula is C18H26N4OS. The van der Waals surface area contributed by atoms with Crippen molar-refractivity contribution < 1.29 is 4.74 Å². The lowest BCUT2D eigenvalue weighted by Gasteiger charge is -2.19. The van der Waals surface area contributed by atoms with Crippen LogP contribution < -0.4 is 5.32 Å². The molecule has 2 aromatic heterocycles. The highest BCUT2D eigenvalue weighted by molar-refractivity contribution is 7.09. The van der Waals surface area contributed by atoms with Crippen LogP contribution >= 0.6 is 11.3 Å². The van der Waals surface area contributed by atoms with Crippen LogP contribution in [0, 0.1) is 19.8 Å². The molecule has 5 nitrogen and oxygen atoms in total. The fourth-order valence-electron chi connectivity index (χ4n) is 3.67. The van der Waals surface area contributed by atoms with E-state index >= 15 is 0 Å². The van der Waals surface area contributed by atoms with Crippen molar-refractivity contribution >= 4 is 11.3 Å². The van der Waals surface area contributed by atoms with Gasteiger partial charge in [-0.05, 0) is 33.1 Å². The first-order chi connectivity index (χ1) is 11.6. The van der Waals surface area contributed by atoms with Gasteiger partial charge in [-0.3, -0.25) is 4.68 Å². The normalized spacial score (nSPS) is 24.0. The molecule has 2 aromatic rings. The van der Waals surface area contributed by atoms with Gasteiger partial charge in [0, 0.05) is 55.2 Å². The summed E-state index contributed by atoms with van der Waals surface area (Å²) in [4.78, 5) is 4.76. The van der Waals surface area contributed by atoms with Crippen LogP contribution in [0.15, 0.2) is 5.38 Å². The van der Waals surface area contributed by atoms with E-state index in [0.717, 1.165) is 37.7 Å². The molecule has 24 heavy (non-hydrogen) atoms. The van der Waals surface area contributed by atoms with Crippen molar-refractivity contribution in [3.63, 3.8) is 0 Å². The maximum Gasteiger partial charge on any atom is 0.0959 e. The third-order valence-electron chi connectivity index (χ3n) is 5.27. The molecule has 2 unspecified atom stereocenters. The van der Waals surface area contributed by atoms with Crippen LogP contribution in [-0.4, -0.2) is 27.9 Å². The molecule has 0 spiro atoms. The number of thiazole rings is 1. The second-order valence-electron chi connectivity index (χ2n) is 7.13. The highest BCUT2D eigenvalue weighted by atomic mass is 32.1. The van der Waals surface area contributed by atoms with E-state index in [1.807, 2.05) is 23.1 Å². The SMILES string of the molecule is Cc1nn(C)c(C)c1C1OCCC1CNCc1csc(C2CC2)n1. The first-order valence-corrected chi connectivity index (χ1v) is 9.78. The summed E-state index contributed by atoms with van der Waals surface area (Å²) in [6.07, 6.45) is 3.93. The minimum atomic E-state index is 0.170. The molecule has 0 bridgehead atoms. The molecular weight excluding hydrogens is 320 g/mol. The molecule has 6 heteroatoms. The summed E-state index contributed by atoms with van der Waals surface area (Å²) in [5.41, 5.74) is 4.79. The van der Waals surface area contributed by atoms with E-state index in [4.69, 9.17) is 9.72 Å². The standard InChI is InChI=1S/C18H26N4OS/c1-11-16(12(2)22(3)21-11)17-14(6-7-23-17)8-19-9-15-10-24-18(20-15)13-4-5-13/h10,13-14,17,19H,4-9H2,1-3H3. The molecule has 1 saturated heterocycles. The summed E-state index contributed by atoms with van der Waals surface area (Å²) in [7, 11) is 2.01. The Bertz CT molecular complexity index is 719. The van der Waals surface area contributed by atoms with Crippen LogP contribution in [0.2, 0.25) is 0 Å². The quantitative estimate of drug-likeness (QED) is 0.872. The summed E-state index contributed by atoms with van der Waals surface area (Å²) in [5, 5.41) is 11.7. The Balaban J connectivity index is 1.36. The summed E-state index contributed by atoms with van der Waals surface area (Å²) < 4.78 is 8.03. The smallest absolute Gasteiger partial charge is 0.0959 e. The molecule has 1 saturated carbocycles. The summed E-state index contributed by atoms with van der Waals surface area (Å²) in [6.45, 7) is 6.89. The minimum absolute atomic E-state index is 0.170. The van der Waals surface area contributed by atoms with Gasteiger partial charge in [0.15, 0.2) is 0 Å². The fraction of sp³-hybridized carbons (Fsp3) is 0.667. The second kappa shape index (κ2) is 6.58. The first kappa shape index (κ1) is 16.2. The lowest BCUT2D eigenvalue weighted by Crippen LogP contribution is -2.25. The van der Waals surface area contributed by atoms with Crippen LogP contribution in [0.5, 0.6) is 0 Å². The van der Waals surface area contributed by atoms with Gasteiger partial charge >= 0.3 is 0 Å². The minimum Gasteiger partial charge on any atom is -0.373 e. The van der Waals surface area contributed by atoms with Crippen molar-refractivity contribution in [3.05, 3.63) is 33.0 Å². The van der Waals surface area contributed by atoms with Gasteiger partial charge in [-0.15, -0.1) is 11.3 Å². The first-order valence-electron chi connectivity index (χ1n) is 8.90. The molecule has 3 heterocycles. The Morgan fingerprint density at radius 3 is 2.88 bits per heavy atom. The van der Waals surface area contributed by atoms with Crippen LogP contribution in [0.3, 0.4) is 0 Å². The molecule has 0 aromatic carbocycles. The van der Waals surface area contributed by atoms with E-state index in [1.54, 1.807) is 0 Å². The van der Waals surface area contributed by atoms with Crippen molar-refractivity contribution in [1.29, 1.82) is 0 Å². The number of nitrogens with zero attached hydrogens (tertiary/aromatic N) is 3. The fourth-order valence-corrected chi connectivity index (χ4v) is 4.66. The topological polar surface area (TPSA) is 52.0 Å². The van der Waals surface area contributed by atoms with Gasteiger partial charge in [0.05, 0.1) is 22.5 Å². The summed E-state index contributed by atoms with van der Waals surface area (Å²) >= 11 is 1.82. The van der Waals surface area contributed by atoms with E-state index in [0.29, 0.717) is 5.92 Å². The zero-order valence-electron chi connectivity index (χ0n) is 14.7. The Kier molecular flexibility index (Phi) is 4.45. The molecule has 1 aliphatic heterocycles. The van der Waals surface area contributed by atoms with Crippen LogP contribution in [0.4, 0.5) is 0 Å². The summed E-state index contributed by atoms with van der Waals surface area (Å²) in [6, 6.07) is 0. The number of ether oxygens (including phenoxy) is 1. The Labute approximate surface area is 147 Å². The van der Waals surface area contributed by atoms with Crippen molar-refractivity contribution in [3.8, 4) is 0 Å². The van der Waals surface area contributed by atoms with Crippen molar-refractivity contribution in [2.24, 2.45) is 13.0 Å². The maximum atomic E-state index is 6.07. The molecule has 1 aliphatic carbocycles. The number of hydrogen-bond acceptors (Lipinski definition) is 5. The van der Waals surface area contributed by atoms with Crippen molar-refractivity contribution in [1.82, 2.24) is 20.1 Å². The van der Waals surface area contributed by atoms with Crippen molar-refractivity contribution in [2.75, 3.05) is 13.2 Å². The molecule has 1 N–H and O–H groups in total. The third-order valence-corrected chi connectivity index (χ3v) is 6.33.